The van der Waals surface area contributed by atoms with Crippen LogP contribution in [0.5, 0.6) is 0 Å². The molecule has 2 N–H and O–H groups in total. The Morgan fingerprint density at radius 2 is 1.08 bits per heavy atom. The fourth-order valence-electron chi connectivity index (χ4n) is 1.04. The first kappa shape index (κ1) is 9.92. The van der Waals surface area contributed by atoms with Crippen LogP contribution in [0.4, 0.5) is 0 Å². The van der Waals surface area contributed by atoms with Crippen molar-refractivity contribution in [1.82, 2.24) is 10.6 Å². The molecule has 12 heavy (non-hydrogen) atoms. The molecule has 0 unspecified atom stereocenters. The van der Waals surface area contributed by atoms with Crippen LogP contribution in [0.25, 0.3) is 0 Å². The van der Waals surface area contributed by atoms with Crippen molar-refractivity contribution in [2.75, 3.05) is 52.6 Å². The van der Waals surface area contributed by atoms with Crippen LogP contribution in [0, 0.1) is 0 Å². The Labute approximate surface area is 73.6 Å². The summed E-state index contributed by atoms with van der Waals surface area (Å²) in [5.41, 5.74) is 0. The van der Waals surface area contributed by atoms with Gasteiger partial charge in [0.25, 0.3) is 0 Å². The van der Waals surface area contributed by atoms with Crippen molar-refractivity contribution in [3.05, 3.63) is 0 Å². The fourth-order valence-corrected chi connectivity index (χ4v) is 1.04. The summed E-state index contributed by atoms with van der Waals surface area (Å²) in [5, 5.41) is 6.55. The van der Waals surface area contributed by atoms with E-state index in [1.807, 2.05) is 0 Å². The number of hydrogen-bond acceptors (Lipinski definition) is 4. The second-order valence-corrected chi connectivity index (χ2v) is 2.72. The number of rotatable bonds is 0. The summed E-state index contributed by atoms with van der Waals surface area (Å²) in [4.78, 5) is 0. The Hall–Kier alpha value is -0.160. The molecule has 0 aromatic rings. The molecule has 1 aliphatic rings. The normalized spacial score (nSPS) is 24.0. The van der Waals surface area contributed by atoms with Crippen molar-refractivity contribution in [3.8, 4) is 0 Å². The van der Waals surface area contributed by atoms with Gasteiger partial charge in [0, 0.05) is 26.2 Å². The maximum Gasteiger partial charge on any atom is 0.0701 e. The highest BCUT2D eigenvalue weighted by Crippen LogP contribution is 1.79. The fraction of sp³-hybridized carbons (Fsp3) is 1.00. The third kappa shape index (κ3) is 5.49. The number of hydrogen-bond donors (Lipinski definition) is 2. The van der Waals surface area contributed by atoms with E-state index >= 15 is 0 Å². The minimum Gasteiger partial charge on any atom is -0.378 e. The molecule has 0 aromatic heterocycles. The molecule has 0 aliphatic carbocycles. The highest BCUT2D eigenvalue weighted by Gasteiger charge is 1.93. The summed E-state index contributed by atoms with van der Waals surface area (Å²) in [5.74, 6) is 0. The Morgan fingerprint density at radius 1 is 0.583 bits per heavy atom. The number of ether oxygens (including phenoxy) is 2. The van der Waals surface area contributed by atoms with Gasteiger partial charge in [-0.05, 0) is 0 Å². The van der Waals surface area contributed by atoms with E-state index in [-0.39, 0.29) is 0 Å². The summed E-state index contributed by atoms with van der Waals surface area (Å²) < 4.78 is 10.6. The lowest BCUT2D eigenvalue weighted by Gasteiger charge is -2.10. The summed E-state index contributed by atoms with van der Waals surface area (Å²) >= 11 is 0. The predicted molar refractivity (Wildman–Crippen MR) is 47.4 cm³/mol. The minimum absolute atomic E-state index is 0.710. The van der Waals surface area contributed by atoms with E-state index in [2.05, 4.69) is 10.6 Å². The van der Waals surface area contributed by atoms with Crippen molar-refractivity contribution in [2.45, 2.75) is 0 Å². The van der Waals surface area contributed by atoms with Gasteiger partial charge in [0.15, 0.2) is 0 Å². The van der Waals surface area contributed by atoms with E-state index in [9.17, 15) is 0 Å². The van der Waals surface area contributed by atoms with Gasteiger partial charge in [-0.3, -0.25) is 0 Å². The Balaban J connectivity index is 2.00. The highest BCUT2D eigenvalue weighted by atomic mass is 16.5. The number of nitrogens with one attached hydrogen (secondary N) is 2. The van der Waals surface area contributed by atoms with Crippen molar-refractivity contribution >= 4 is 0 Å². The molecule has 1 fully saturated rings. The molecule has 0 bridgehead atoms. The first-order valence-electron chi connectivity index (χ1n) is 4.57. The van der Waals surface area contributed by atoms with E-state index in [1.54, 1.807) is 0 Å². The lowest BCUT2D eigenvalue weighted by molar-refractivity contribution is 0.0485. The molecule has 0 saturated carbocycles. The maximum atomic E-state index is 5.30. The second kappa shape index (κ2) is 7.49. The maximum absolute atomic E-state index is 5.30. The smallest absolute Gasteiger partial charge is 0.0701 e. The van der Waals surface area contributed by atoms with Crippen molar-refractivity contribution in [3.63, 3.8) is 0 Å². The second-order valence-electron chi connectivity index (χ2n) is 2.72. The molecular weight excluding hydrogens is 156 g/mol. The van der Waals surface area contributed by atoms with Gasteiger partial charge in [-0.1, -0.05) is 0 Å². The molecule has 0 radical (unpaired) electrons. The third-order valence-electron chi connectivity index (χ3n) is 1.70. The van der Waals surface area contributed by atoms with E-state index in [0.29, 0.717) is 13.2 Å². The van der Waals surface area contributed by atoms with Gasteiger partial charge < -0.3 is 20.1 Å². The molecule has 1 aliphatic heterocycles. The Kier molecular flexibility index (Phi) is 6.19. The van der Waals surface area contributed by atoms with Gasteiger partial charge >= 0.3 is 0 Å². The molecule has 0 aromatic carbocycles. The summed E-state index contributed by atoms with van der Waals surface area (Å²) in [6.07, 6.45) is 0. The molecule has 0 atom stereocenters. The van der Waals surface area contributed by atoms with Gasteiger partial charge in [-0.2, -0.15) is 0 Å². The van der Waals surface area contributed by atoms with Crippen LogP contribution in [0.15, 0.2) is 0 Å². The van der Waals surface area contributed by atoms with Crippen LogP contribution in [0.3, 0.4) is 0 Å². The van der Waals surface area contributed by atoms with Gasteiger partial charge in [0.05, 0.1) is 26.4 Å². The van der Waals surface area contributed by atoms with Crippen LogP contribution in [0.1, 0.15) is 0 Å². The Morgan fingerprint density at radius 3 is 1.58 bits per heavy atom. The average Bonchev–Trinajstić information content (AvgIpc) is 2.05. The van der Waals surface area contributed by atoms with E-state index < -0.39 is 0 Å². The van der Waals surface area contributed by atoms with Gasteiger partial charge in [0.2, 0.25) is 0 Å². The van der Waals surface area contributed by atoms with Crippen molar-refractivity contribution < 1.29 is 9.47 Å². The first-order chi connectivity index (χ1) is 6.00. The molecule has 72 valence electrons. The third-order valence-corrected chi connectivity index (χ3v) is 1.70. The SMILES string of the molecule is C1CNCCOCCOCCN1. The van der Waals surface area contributed by atoms with E-state index in [4.69, 9.17) is 9.47 Å². The van der Waals surface area contributed by atoms with Gasteiger partial charge in [0.1, 0.15) is 0 Å². The molecule has 1 rings (SSSR count). The van der Waals surface area contributed by atoms with Crippen LogP contribution >= 0.6 is 0 Å². The average molecular weight is 174 g/mol. The minimum atomic E-state index is 0.710. The summed E-state index contributed by atoms with van der Waals surface area (Å²) in [6, 6.07) is 0. The topological polar surface area (TPSA) is 42.5 Å². The highest BCUT2D eigenvalue weighted by molar-refractivity contribution is 4.52. The Bertz CT molecular complexity index is 58.0. The summed E-state index contributed by atoms with van der Waals surface area (Å²) in [7, 11) is 0. The lowest BCUT2D eigenvalue weighted by Crippen LogP contribution is -2.32. The molecule has 1 heterocycles. The van der Waals surface area contributed by atoms with Gasteiger partial charge in [-0.25, -0.2) is 0 Å². The monoisotopic (exact) mass is 174 g/mol. The zero-order valence-electron chi connectivity index (χ0n) is 7.47. The lowest BCUT2D eigenvalue weighted by atomic mass is 10.5. The molecular formula is C8H18N2O2. The zero-order valence-corrected chi connectivity index (χ0v) is 7.47. The first-order valence-corrected chi connectivity index (χ1v) is 4.57. The standard InChI is InChI=1S/C8H18N2O2/c1-2-10-4-6-12-8-7-11-5-3-9-1/h9-10H,1-8H2. The molecule has 1 saturated heterocycles. The predicted octanol–water partition coefficient (Wildman–Crippen LogP) is -0.788. The molecule has 0 amide bonds. The van der Waals surface area contributed by atoms with Crippen LogP contribution in [-0.2, 0) is 9.47 Å². The zero-order chi connectivity index (χ0) is 8.49. The quantitative estimate of drug-likeness (QED) is 0.505. The van der Waals surface area contributed by atoms with Gasteiger partial charge in [-0.15, -0.1) is 0 Å². The van der Waals surface area contributed by atoms with E-state index in [0.717, 1.165) is 39.4 Å². The van der Waals surface area contributed by atoms with E-state index in [1.165, 1.54) is 0 Å². The largest absolute Gasteiger partial charge is 0.378 e. The van der Waals surface area contributed by atoms with Crippen LogP contribution in [0.2, 0.25) is 0 Å². The van der Waals surface area contributed by atoms with Crippen LogP contribution < -0.4 is 10.6 Å². The molecule has 4 nitrogen and oxygen atoms in total. The van der Waals surface area contributed by atoms with Crippen molar-refractivity contribution in [1.29, 1.82) is 0 Å². The molecule has 0 spiro atoms. The summed E-state index contributed by atoms with van der Waals surface area (Å²) in [6.45, 7) is 6.85. The molecule has 4 heteroatoms. The van der Waals surface area contributed by atoms with Crippen molar-refractivity contribution in [2.24, 2.45) is 0 Å². The van der Waals surface area contributed by atoms with Crippen LogP contribution in [-0.4, -0.2) is 52.6 Å².